The lowest BCUT2D eigenvalue weighted by molar-refractivity contribution is 0.0169. The Kier molecular flexibility index (Phi) is 3.59. The van der Waals surface area contributed by atoms with Gasteiger partial charge in [-0.2, -0.15) is 0 Å². The van der Waals surface area contributed by atoms with Gasteiger partial charge in [0.1, 0.15) is 0 Å². The molecule has 0 amide bonds. The van der Waals surface area contributed by atoms with Crippen LogP contribution in [0.15, 0.2) is 24.3 Å². The first-order valence-corrected chi connectivity index (χ1v) is 5.93. The fraction of sp³-hybridized carbons (Fsp3) is 0.538. The van der Waals surface area contributed by atoms with Crippen LogP contribution in [0.5, 0.6) is 0 Å². The van der Waals surface area contributed by atoms with Gasteiger partial charge in [-0.05, 0) is 30.5 Å². The van der Waals surface area contributed by atoms with Crippen LogP contribution >= 0.6 is 0 Å². The quantitative estimate of drug-likeness (QED) is 0.706. The van der Waals surface area contributed by atoms with E-state index in [1.165, 1.54) is 5.56 Å². The number of piperidine rings is 1. The summed E-state index contributed by atoms with van der Waals surface area (Å²) >= 11 is 0. The smallest absolute Gasteiger partial charge is 0.0812 e. The lowest BCUT2D eigenvalue weighted by atomic mass is 9.87. The van der Waals surface area contributed by atoms with Crippen LogP contribution in [-0.2, 0) is 13.0 Å². The standard InChI is InChI=1S/C13H20N2O/c14-9-12-4-1-3-11(7-12)8-13(16)5-2-6-15-10-13/h1,3-4,7,15-16H,2,5-6,8-10,14H2. The van der Waals surface area contributed by atoms with Gasteiger partial charge in [0, 0.05) is 19.5 Å². The van der Waals surface area contributed by atoms with Crippen molar-refractivity contribution in [1.29, 1.82) is 0 Å². The predicted molar refractivity (Wildman–Crippen MR) is 65.1 cm³/mol. The van der Waals surface area contributed by atoms with Crippen molar-refractivity contribution in [2.45, 2.75) is 31.4 Å². The van der Waals surface area contributed by atoms with E-state index in [0.29, 0.717) is 19.5 Å². The zero-order valence-electron chi connectivity index (χ0n) is 9.58. The van der Waals surface area contributed by atoms with Gasteiger partial charge in [-0.15, -0.1) is 0 Å². The molecule has 1 unspecified atom stereocenters. The Hall–Kier alpha value is -0.900. The second-order valence-corrected chi connectivity index (χ2v) is 4.71. The number of nitrogens with one attached hydrogen (secondary N) is 1. The Morgan fingerprint density at radius 3 is 2.88 bits per heavy atom. The molecule has 0 bridgehead atoms. The Morgan fingerprint density at radius 1 is 1.38 bits per heavy atom. The van der Waals surface area contributed by atoms with Crippen molar-refractivity contribution < 1.29 is 5.11 Å². The Labute approximate surface area is 96.7 Å². The van der Waals surface area contributed by atoms with E-state index in [0.717, 1.165) is 24.9 Å². The second-order valence-electron chi connectivity index (χ2n) is 4.71. The van der Waals surface area contributed by atoms with E-state index in [4.69, 9.17) is 5.73 Å². The highest BCUT2D eigenvalue weighted by atomic mass is 16.3. The fourth-order valence-electron chi connectivity index (χ4n) is 2.35. The summed E-state index contributed by atoms with van der Waals surface area (Å²) in [6, 6.07) is 8.18. The molecular weight excluding hydrogens is 200 g/mol. The summed E-state index contributed by atoms with van der Waals surface area (Å²) in [6.45, 7) is 2.27. The lowest BCUT2D eigenvalue weighted by Crippen LogP contribution is -2.47. The van der Waals surface area contributed by atoms with E-state index in [1.54, 1.807) is 0 Å². The molecule has 1 saturated heterocycles. The summed E-state index contributed by atoms with van der Waals surface area (Å²) in [5, 5.41) is 13.6. The third-order valence-electron chi connectivity index (χ3n) is 3.21. The molecule has 1 aromatic rings. The van der Waals surface area contributed by atoms with Crippen molar-refractivity contribution in [2.24, 2.45) is 5.73 Å². The number of hydrogen-bond donors (Lipinski definition) is 3. The molecule has 0 spiro atoms. The number of β-amino-alcohol motifs (C(OH)–C–C–N with tert-alkyl or cyclic N) is 1. The number of rotatable bonds is 3. The molecule has 1 aliphatic rings. The largest absolute Gasteiger partial charge is 0.388 e. The normalized spacial score (nSPS) is 25.6. The van der Waals surface area contributed by atoms with Crippen LogP contribution in [0.25, 0.3) is 0 Å². The maximum atomic E-state index is 10.4. The molecule has 1 atom stereocenters. The van der Waals surface area contributed by atoms with Gasteiger partial charge in [0.25, 0.3) is 0 Å². The second kappa shape index (κ2) is 4.95. The summed E-state index contributed by atoms with van der Waals surface area (Å²) in [4.78, 5) is 0. The first-order chi connectivity index (χ1) is 7.72. The average molecular weight is 220 g/mol. The molecule has 0 radical (unpaired) electrons. The molecule has 0 aliphatic carbocycles. The molecule has 1 aliphatic heterocycles. The van der Waals surface area contributed by atoms with Crippen molar-refractivity contribution in [3.05, 3.63) is 35.4 Å². The predicted octanol–water partition coefficient (Wildman–Crippen LogP) is 0.802. The summed E-state index contributed by atoms with van der Waals surface area (Å²) < 4.78 is 0. The molecule has 16 heavy (non-hydrogen) atoms. The first-order valence-electron chi connectivity index (χ1n) is 5.93. The van der Waals surface area contributed by atoms with Crippen LogP contribution in [0, 0.1) is 0 Å². The van der Waals surface area contributed by atoms with Gasteiger partial charge >= 0.3 is 0 Å². The number of benzene rings is 1. The highest BCUT2D eigenvalue weighted by molar-refractivity contribution is 5.25. The maximum absolute atomic E-state index is 10.4. The molecule has 0 saturated carbocycles. The number of aliphatic hydroxyl groups is 1. The molecule has 1 fully saturated rings. The minimum Gasteiger partial charge on any atom is -0.388 e. The summed E-state index contributed by atoms with van der Waals surface area (Å²) in [5.74, 6) is 0. The third-order valence-corrected chi connectivity index (χ3v) is 3.21. The van der Waals surface area contributed by atoms with Gasteiger partial charge in [-0.25, -0.2) is 0 Å². The van der Waals surface area contributed by atoms with Crippen LogP contribution in [0.1, 0.15) is 24.0 Å². The summed E-state index contributed by atoms with van der Waals surface area (Å²) in [7, 11) is 0. The summed E-state index contributed by atoms with van der Waals surface area (Å²) in [6.07, 6.45) is 2.65. The molecule has 3 heteroatoms. The lowest BCUT2D eigenvalue weighted by Gasteiger charge is -2.32. The molecule has 3 nitrogen and oxygen atoms in total. The van der Waals surface area contributed by atoms with Gasteiger partial charge in [-0.3, -0.25) is 0 Å². The van der Waals surface area contributed by atoms with Crippen molar-refractivity contribution in [1.82, 2.24) is 5.32 Å². The highest BCUT2D eigenvalue weighted by Gasteiger charge is 2.29. The Bertz CT molecular complexity index is 346. The zero-order chi connectivity index (χ0) is 11.4. The number of hydrogen-bond acceptors (Lipinski definition) is 3. The van der Waals surface area contributed by atoms with E-state index in [-0.39, 0.29) is 0 Å². The number of nitrogens with two attached hydrogens (primary N) is 1. The van der Waals surface area contributed by atoms with Crippen LogP contribution < -0.4 is 11.1 Å². The van der Waals surface area contributed by atoms with Crippen LogP contribution in [-0.4, -0.2) is 23.8 Å². The van der Waals surface area contributed by atoms with Crippen molar-refractivity contribution in [3.63, 3.8) is 0 Å². The van der Waals surface area contributed by atoms with Crippen molar-refractivity contribution >= 4 is 0 Å². The van der Waals surface area contributed by atoms with Crippen LogP contribution in [0.4, 0.5) is 0 Å². The van der Waals surface area contributed by atoms with Crippen LogP contribution in [0.3, 0.4) is 0 Å². The van der Waals surface area contributed by atoms with Crippen molar-refractivity contribution in [3.8, 4) is 0 Å². The molecule has 1 aromatic carbocycles. The minimum atomic E-state index is -0.578. The Morgan fingerprint density at radius 2 is 2.19 bits per heavy atom. The monoisotopic (exact) mass is 220 g/mol. The molecule has 4 N–H and O–H groups in total. The van der Waals surface area contributed by atoms with E-state index in [9.17, 15) is 5.11 Å². The molecule has 88 valence electrons. The van der Waals surface area contributed by atoms with Gasteiger partial charge in [0.05, 0.1) is 5.60 Å². The van der Waals surface area contributed by atoms with E-state index in [2.05, 4.69) is 17.4 Å². The van der Waals surface area contributed by atoms with E-state index >= 15 is 0 Å². The SMILES string of the molecule is NCc1cccc(CC2(O)CCCNC2)c1. The first kappa shape index (κ1) is 11.6. The molecule has 1 heterocycles. The van der Waals surface area contributed by atoms with Gasteiger partial charge in [0.2, 0.25) is 0 Å². The maximum Gasteiger partial charge on any atom is 0.0812 e. The Balaban J connectivity index is 2.07. The van der Waals surface area contributed by atoms with Crippen LogP contribution in [0.2, 0.25) is 0 Å². The molecular formula is C13H20N2O. The topological polar surface area (TPSA) is 58.3 Å². The minimum absolute atomic E-state index is 0.560. The van der Waals surface area contributed by atoms with Gasteiger partial charge < -0.3 is 16.2 Å². The van der Waals surface area contributed by atoms with Gasteiger partial charge in [0.15, 0.2) is 0 Å². The molecule has 0 aromatic heterocycles. The van der Waals surface area contributed by atoms with E-state index < -0.39 is 5.60 Å². The van der Waals surface area contributed by atoms with Crippen molar-refractivity contribution in [2.75, 3.05) is 13.1 Å². The average Bonchev–Trinajstić information content (AvgIpc) is 2.29. The molecule has 2 rings (SSSR count). The fourth-order valence-corrected chi connectivity index (χ4v) is 2.35. The van der Waals surface area contributed by atoms with E-state index in [1.807, 2.05) is 12.1 Å². The zero-order valence-corrected chi connectivity index (χ0v) is 9.58. The summed E-state index contributed by atoms with van der Waals surface area (Å²) in [5.41, 5.74) is 7.34. The third kappa shape index (κ3) is 2.82. The highest BCUT2D eigenvalue weighted by Crippen LogP contribution is 2.21. The van der Waals surface area contributed by atoms with Gasteiger partial charge in [-0.1, -0.05) is 24.3 Å².